The maximum absolute atomic E-state index is 13.5. The first-order valence-electron chi connectivity index (χ1n) is 16.2. The van der Waals surface area contributed by atoms with E-state index in [0.717, 1.165) is 28.0 Å². The zero-order valence-electron chi connectivity index (χ0n) is 29.9. The van der Waals surface area contributed by atoms with Crippen molar-refractivity contribution >= 4 is 62.8 Å². The maximum Gasteiger partial charge on any atom is 0.391 e. The van der Waals surface area contributed by atoms with Crippen LogP contribution in [0.25, 0.3) is 11.1 Å². The molecule has 1 fully saturated rings. The zero-order valence-corrected chi connectivity index (χ0v) is 31.5. The van der Waals surface area contributed by atoms with E-state index in [0.29, 0.717) is 36.3 Å². The van der Waals surface area contributed by atoms with Gasteiger partial charge in [0.15, 0.2) is 16.9 Å². The molecule has 55 heavy (non-hydrogen) atoms. The molecule has 2 aliphatic rings. The van der Waals surface area contributed by atoms with Crippen LogP contribution < -0.4 is 37.1 Å². The number of nitrogens with one attached hydrogen (secondary N) is 2. The number of hydroxylamine groups is 2. The van der Waals surface area contributed by atoms with E-state index in [1.54, 1.807) is 12.3 Å². The maximum atomic E-state index is 13.5. The molecule has 0 spiro atoms. The van der Waals surface area contributed by atoms with Crippen molar-refractivity contribution in [2.24, 2.45) is 23.7 Å². The summed E-state index contributed by atoms with van der Waals surface area (Å²) in [7, 11) is -3.45. The van der Waals surface area contributed by atoms with Gasteiger partial charge in [0.2, 0.25) is 10.4 Å². The fourth-order valence-electron chi connectivity index (χ4n) is 5.56. The van der Waals surface area contributed by atoms with Gasteiger partial charge < -0.3 is 46.9 Å². The number of aryl methyl sites for hydroxylation is 2. The van der Waals surface area contributed by atoms with Crippen molar-refractivity contribution < 1.29 is 60.8 Å². The quantitative estimate of drug-likeness (QED) is 0.0185. The second kappa shape index (κ2) is 16.9. The molecule has 1 saturated heterocycles. The molecular formula is C31H40N10O12S2. The van der Waals surface area contributed by atoms with Gasteiger partial charge in [0.25, 0.3) is 23.9 Å². The number of hydrogen-bond donors (Lipinski definition) is 7. The van der Waals surface area contributed by atoms with E-state index in [4.69, 9.17) is 36.7 Å². The van der Waals surface area contributed by atoms with Gasteiger partial charge in [0, 0.05) is 24.0 Å². The molecule has 3 atom stereocenters. The van der Waals surface area contributed by atoms with Gasteiger partial charge in [-0.2, -0.15) is 9.35 Å². The average molecular weight is 809 g/mol. The lowest BCUT2D eigenvalue weighted by molar-refractivity contribution is -0.659. The number of rotatable bonds is 14. The van der Waals surface area contributed by atoms with Crippen LogP contribution >= 0.6 is 11.3 Å². The number of nitrogens with two attached hydrogens (primary N) is 3. The number of hydrogen-bond acceptors (Lipinski definition) is 18. The van der Waals surface area contributed by atoms with Gasteiger partial charge in [0.05, 0.1) is 24.8 Å². The molecule has 4 heterocycles. The third-order valence-corrected chi connectivity index (χ3v) is 9.70. The van der Waals surface area contributed by atoms with Gasteiger partial charge in [-0.1, -0.05) is 16.2 Å². The molecule has 0 bridgehead atoms. The number of carboxylic acid groups (broad SMARTS) is 2. The van der Waals surface area contributed by atoms with Crippen LogP contribution in [0.3, 0.4) is 0 Å². The fourth-order valence-corrected chi connectivity index (χ4v) is 6.55. The zero-order chi connectivity index (χ0) is 40.9. The number of aromatic nitrogens is 3. The molecule has 3 aromatic rings. The topological polar surface area (TPSA) is 341 Å². The Bertz CT molecular complexity index is 2080. The van der Waals surface area contributed by atoms with Gasteiger partial charge in [-0.3, -0.25) is 19.7 Å². The third kappa shape index (κ3) is 9.41. The van der Waals surface area contributed by atoms with Crippen molar-refractivity contribution in [3.8, 4) is 16.9 Å². The second-order valence-corrected chi connectivity index (χ2v) is 14.7. The Morgan fingerprint density at radius 1 is 1.31 bits per heavy atom. The number of nitrogens with zero attached hydrogens (tertiary/aromatic N) is 5. The van der Waals surface area contributed by atoms with Crippen LogP contribution in [-0.4, -0.2) is 111 Å². The summed E-state index contributed by atoms with van der Waals surface area (Å²) in [5.41, 5.74) is 15.5. The number of nitrogen functional groups attached to an aromatic ring is 1. The number of fused-ring (bicyclic) bond motifs is 1. The number of carbonyl (C=O) groups excluding carboxylic acids is 2. The highest BCUT2D eigenvalue weighted by Crippen LogP contribution is 2.37. The Morgan fingerprint density at radius 3 is 2.53 bits per heavy atom. The molecular weight excluding hydrogens is 769 g/mol. The average Bonchev–Trinajstić information content (AvgIpc) is 3.56. The van der Waals surface area contributed by atoms with Crippen molar-refractivity contribution in [3.63, 3.8) is 0 Å². The molecule has 1 aromatic carbocycles. The molecule has 1 unspecified atom stereocenters. The standard InChI is InChI=1S/C30H38N10O10S2.CH2O2/c1-29(2)23(25(42)40(29)50-52(45,46)47)37-24(41)22(19-14-51-27(33)36-19)38-49-30(3,26(43)44)21-8-6-16-9-15(5-7-20(16)48-21)17-12-34-28(39(4)13-17)35-18(10-31)11-32;2-1-3/h5,7,9,12-14,18,21,23H,6,8,10-11,31-32H2,1-4H3,(H5,33,36,37,41,43,44,45,46,47);1H,(H,2,3)/b38-22-;/t21-,23-,30?;/m1./s1. The first-order valence-corrected chi connectivity index (χ1v) is 18.4. The van der Waals surface area contributed by atoms with E-state index in [1.807, 2.05) is 29.9 Å². The number of oxime groups is 1. The van der Waals surface area contributed by atoms with E-state index in [2.05, 4.69) is 30.0 Å². The highest BCUT2D eigenvalue weighted by atomic mass is 32.3. The van der Waals surface area contributed by atoms with Crippen LogP contribution in [0.2, 0.25) is 0 Å². The predicted octanol–water partition coefficient (Wildman–Crippen LogP) is -1.53. The molecule has 298 valence electrons. The van der Waals surface area contributed by atoms with Crippen LogP contribution in [0.5, 0.6) is 5.75 Å². The fraction of sp³-hybridized carbons (Fsp3) is 0.419. The number of aliphatic carboxylic acids is 1. The Hall–Kier alpha value is -5.53. The summed E-state index contributed by atoms with van der Waals surface area (Å²) in [6.45, 7) is 4.37. The first-order chi connectivity index (χ1) is 25.8. The van der Waals surface area contributed by atoms with Crippen molar-refractivity contribution in [2.75, 3.05) is 24.1 Å². The summed E-state index contributed by atoms with van der Waals surface area (Å²) >= 11 is 0.956. The van der Waals surface area contributed by atoms with Crippen LogP contribution in [0.4, 0.5) is 11.1 Å². The first kappa shape index (κ1) is 42.2. The Morgan fingerprint density at radius 2 is 1.98 bits per heavy atom. The van der Waals surface area contributed by atoms with Gasteiger partial charge in [-0.05, 0) is 56.9 Å². The van der Waals surface area contributed by atoms with Gasteiger partial charge in [-0.25, -0.2) is 22.8 Å². The highest BCUT2D eigenvalue weighted by Gasteiger charge is 2.57. The Balaban J connectivity index is 0.00000217. The minimum absolute atomic E-state index is 0.0485. The smallest absolute Gasteiger partial charge is 0.391 e. The van der Waals surface area contributed by atoms with E-state index in [1.165, 1.54) is 26.2 Å². The number of amides is 2. The van der Waals surface area contributed by atoms with E-state index >= 15 is 0 Å². The SMILES string of the molecule is C[n+]1cc(-c2ccc3c(c2)CC[C@H](C(C)(O/N=C(\C(=O)N[C@@H]2C(=O)N(OS(=O)(=O)[O-])C2(C)C)c2csc(N)n2)C(=O)O)O3)cnc1NC(CN)CN.O=CO. The number of carboxylic acids is 1. The molecule has 5 rings (SSSR count). The molecule has 2 amide bonds. The number of carbonyl (C=O) groups is 4. The molecule has 0 radical (unpaired) electrons. The summed E-state index contributed by atoms with van der Waals surface area (Å²) < 4.78 is 45.4. The monoisotopic (exact) mass is 808 g/mol. The lowest BCUT2D eigenvalue weighted by Crippen LogP contribution is -2.76. The molecule has 24 heteroatoms. The summed E-state index contributed by atoms with van der Waals surface area (Å²) in [6.07, 6.45) is 3.13. The summed E-state index contributed by atoms with van der Waals surface area (Å²) in [6, 6.07) is 3.94. The highest BCUT2D eigenvalue weighted by molar-refractivity contribution is 7.80. The number of benzene rings is 1. The van der Waals surface area contributed by atoms with Crippen molar-refractivity contribution in [1.82, 2.24) is 20.3 Å². The van der Waals surface area contributed by atoms with Crippen LogP contribution in [0, 0.1) is 0 Å². The minimum Gasteiger partial charge on any atom is -0.724 e. The van der Waals surface area contributed by atoms with E-state index in [-0.39, 0.29) is 29.8 Å². The Kier molecular flexibility index (Phi) is 12.9. The molecule has 22 nitrogen and oxygen atoms in total. The molecule has 0 aliphatic carbocycles. The van der Waals surface area contributed by atoms with Crippen LogP contribution in [-0.2, 0) is 52.2 Å². The summed E-state index contributed by atoms with van der Waals surface area (Å²) in [5.74, 6) is -2.50. The van der Waals surface area contributed by atoms with Gasteiger partial charge in [0.1, 0.15) is 23.7 Å². The van der Waals surface area contributed by atoms with Crippen molar-refractivity contribution in [2.45, 2.75) is 62.9 Å². The molecule has 2 aliphatic heterocycles. The second-order valence-electron chi connectivity index (χ2n) is 12.9. The summed E-state index contributed by atoms with van der Waals surface area (Å²) in [4.78, 5) is 61.3. The lowest BCUT2D eigenvalue weighted by atomic mass is 9.84. The molecule has 0 saturated carbocycles. The predicted molar refractivity (Wildman–Crippen MR) is 192 cm³/mol. The van der Waals surface area contributed by atoms with E-state index < -0.39 is 57.2 Å². The van der Waals surface area contributed by atoms with Crippen molar-refractivity contribution in [1.29, 1.82) is 0 Å². The number of β-lactam (4-membered cyclic amide) rings is 1. The largest absolute Gasteiger partial charge is 0.724 e. The lowest BCUT2D eigenvalue weighted by Gasteiger charge is -2.51. The van der Waals surface area contributed by atoms with E-state index in [9.17, 15) is 32.5 Å². The van der Waals surface area contributed by atoms with Crippen LogP contribution in [0.1, 0.15) is 38.4 Å². The minimum atomic E-state index is -5.29. The number of ether oxygens (including phenoxy) is 1. The summed E-state index contributed by atoms with van der Waals surface area (Å²) in [5, 5.41) is 28.4. The number of thiazole rings is 1. The van der Waals surface area contributed by atoms with Gasteiger partial charge >= 0.3 is 11.9 Å². The third-order valence-electron chi connectivity index (χ3n) is 8.70. The Labute approximate surface area is 318 Å². The van der Waals surface area contributed by atoms with Gasteiger partial charge in [-0.15, -0.1) is 11.3 Å². The number of anilines is 2. The van der Waals surface area contributed by atoms with Crippen LogP contribution in [0.15, 0.2) is 41.1 Å². The molecule has 2 aromatic heterocycles. The van der Waals surface area contributed by atoms with Crippen molar-refractivity contribution in [3.05, 3.63) is 47.2 Å². The molecule has 10 N–H and O–H groups in total. The normalized spacial score (nSPS) is 18.7.